The van der Waals surface area contributed by atoms with Crippen LogP contribution in [0.5, 0.6) is 0 Å². The minimum atomic E-state index is -4.47. The second kappa shape index (κ2) is 6.26. The fourth-order valence-corrected chi connectivity index (χ4v) is 2.48. The second-order valence-electron chi connectivity index (χ2n) is 4.93. The molecule has 0 radical (unpaired) electrons. The highest BCUT2D eigenvalue weighted by Crippen LogP contribution is 2.29. The third-order valence-corrected chi connectivity index (χ3v) is 3.85. The van der Waals surface area contributed by atoms with E-state index < -0.39 is 11.9 Å². The number of hydrogen-bond acceptors (Lipinski definition) is 6. The van der Waals surface area contributed by atoms with Crippen LogP contribution in [0, 0.1) is 0 Å². The average molecular weight is 389 g/mol. The van der Waals surface area contributed by atoms with E-state index in [1.165, 1.54) is 0 Å². The highest BCUT2D eigenvalue weighted by molar-refractivity contribution is 9.10. The lowest BCUT2D eigenvalue weighted by Crippen LogP contribution is -2.47. The summed E-state index contributed by atoms with van der Waals surface area (Å²) in [5.74, 6) is 0.884. The minimum absolute atomic E-state index is 0.281. The first-order chi connectivity index (χ1) is 10.9. The van der Waals surface area contributed by atoms with Gasteiger partial charge in [-0.2, -0.15) is 13.2 Å². The Morgan fingerprint density at radius 3 is 2.13 bits per heavy atom. The lowest BCUT2D eigenvalue weighted by atomic mass is 10.3. The molecule has 10 heteroatoms. The van der Waals surface area contributed by atoms with Crippen molar-refractivity contribution in [2.45, 2.75) is 6.18 Å². The molecular formula is C13H12BrF3N6. The summed E-state index contributed by atoms with van der Waals surface area (Å²) in [7, 11) is 0. The van der Waals surface area contributed by atoms with Crippen LogP contribution in [0.2, 0.25) is 0 Å². The molecule has 0 N–H and O–H groups in total. The minimum Gasteiger partial charge on any atom is -0.353 e. The van der Waals surface area contributed by atoms with Crippen molar-refractivity contribution in [1.82, 2.24) is 19.9 Å². The van der Waals surface area contributed by atoms with E-state index in [9.17, 15) is 13.2 Å². The maximum atomic E-state index is 12.7. The van der Waals surface area contributed by atoms with E-state index in [1.807, 2.05) is 4.90 Å². The molecule has 6 nitrogen and oxygen atoms in total. The number of alkyl halides is 3. The summed E-state index contributed by atoms with van der Waals surface area (Å²) in [4.78, 5) is 19.4. The summed E-state index contributed by atoms with van der Waals surface area (Å²) in [6.45, 7) is 2.28. The smallest absolute Gasteiger partial charge is 0.353 e. The Kier molecular flexibility index (Phi) is 4.33. The van der Waals surface area contributed by atoms with Gasteiger partial charge in [-0.25, -0.2) is 19.9 Å². The number of halogens is 4. The SMILES string of the molecule is FC(F)(F)c1cc(N2CCN(c3ncc(Br)cn3)CC2)ncn1. The Morgan fingerprint density at radius 2 is 1.52 bits per heavy atom. The van der Waals surface area contributed by atoms with Crippen molar-refractivity contribution in [3.8, 4) is 0 Å². The van der Waals surface area contributed by atoms with Crippen LogP contribution >= 0.6 is 15.9 Å². The summed E-state index contributed by atoms with van der Waals surface area (Å²) in [6.07, 6.45) is -0.198. The maximum absolute atomic E-state index is 12.7. The molecule has 23 heavy (non-hydrogen) atoms. The lowest BCUT2D eigenvalue weighted by molar-refractivity contribution is -0.141. The van der Waals surface area contributed by atoms with E-state index >= 15 is 0 Å². The molecule has 0 aromatic carbocycles. The lowest BCUT2D eigenvalue weighted by Gasteiger charge is -2.35. The predicted octanol–water partition coefficient (Wildman–Crippen LogP) is 2.37. The van der Waals surface area contributed by atoms with E-state index in [2.05, 4.69) is 35.9 Å². The van der Waals surface area contributed by atoms with Gasteiger partial charge in [-0.05, 0) is 15.9 Å². The largest absolute Gasteiger partial charge is 0.433 e. The third kappa shape index (κ3) is 3.69. The number of hydrogen-bond donors (Lipinski definition) is 0. The molecular weight excluding hydrogens is 377 g/mol. The molecule has 3 heterocycles. The number of piperazine rings is 1. The van der Waals surface area contributed by atoms with Crippen molar-refractivity contribution in [3.05, 3.63) is 35.0 Å². The zero-order valence-electron chi connectivity index (χ0n) is 11.8. The monoisotopic (exact) mass is 388 g/mol. The number of nitrogens with zero attached hydrogens (tertiary/aromatic N) is 6. The maximum Gasteiger partial charge on any atom is 0.433 e. The van der Waals surface area contributed by atoms with Crippen LogP contribution in [0.25, 0.3) is 0 Å². The van der Waals surface area contributed by atoms with Crippen LogP contribution in [0.15, 0.2) is 29.3 Å². The van der Waals surface area contributed by atoms with Crippen molar-refractivity contribution >= 4 is 27.7 Å². The highest BCUT2D eigenvalue weighted by atomic mass is 79.9. The molecule has 1 aliphatic rings. The molecule has 0 unspecified atom stereocenters. The Hall–Kier alpha value is -1.97. The zero-order chi connectivity index (χ0) is 16.4. The van der Waals surface area contributed by atoms with Crippen LogP contribution in [-0.2, 0) is 6.18 Å². The average Bonchev–Trinajstić information content (AvgIpc) is 2.55. The van der Waals surface area contributed by atoms with Gasteiger partial charge in [0.15, 0.2) is 0 Å². The van der Waals surface area contributed by atoms with Crippen molar-refractivity contribution in [2.75, 3.05) is 36.0 Å². The Labute approximate surface area is 138 Å². The molecule has 0 amide bonds. The molecule has 1 fully saturated rings. The summed E-state index contributed by atoms with van der Waals surface area (Å²) in [6, 6.07) is 0.978. The van der Waals surface area contributed by atoms with Gasteiger partial charge >= 0.3 is 6.18 Å². The first-order valence-electron chi connectivity index (χ1n) is 6.80. The van der Waals surface area contributed by atoms with Crippen LogP contribution in [0.3, 0.4) is 0 Å². The number of aromatic nitrogens is 4. The van der Waals surface area contributed by atoms with E-state index in [0.717, 1.165) is 16.9 Å². The number of anilines is 2. The highest BCUT2D eigenvalue weighted by Gasteiger charge is 2.33. The van der Waals surface area contributed by atoms with E-state index in [1.54, 1.807) is 17.3 Å². The molecule has 1 saturated heterocycles. The molecule has 3 rings (SSSR count). The Morgan fingerprint density at radius 1 is 0.913 bits per heavy atom. The van der Waals surface area contributed by atoms with Crippen LogP contribution < -0.4 is 9.80 Å². The van der Waals surface area contributed by atoms with Gasteiger partial charge in [0.2, 0.25) is 5.95 Å². The van der Waals surface area contributed by atoms with Crippen LogP contribution in [0.1, 0.15) is 5.69 Å². The fourth-order valence-electron chi connectivity index (χ4n) is 2.28. The van der Waals surface area contributed by atoms with Crippen molar-refractivity contribution in [1.29, 1.82) is 0 Å². The Balaban J connectivity index is 1.68. The first kappa shape index (κ1) is 15.9. The summed E-state index contributed by atoms with van der Waals surface area (Å²) < 4.78 is 38.9. The molecule has 122 valence electrons. The standard InChI is InChI=1S/C13H12BrF3N6/c14-9-6-18-12(19-7-9)23-3-1-22(2-4-23)11-5-10(13(15,16)17)20-8-21-11/h5-8H,1-4H2. The number of rotatable bonds is 2. The molecule has 0 atom stereocenters. The summed E-state index contributed by atoms with van der Waals surface area (Å²) in [5, 5.41) is 0. The molecule has 2 aromatic rings. The quantitative estimate of drug-likeness (QED) is 0.786. The Bertz CT molecular complexity index is 670. The summed E-state index contributed by atoms with van der Waals surface area (Å²) >= 11 is 3.27. The predicted molar refractivity (Wildman–Crippen MR) is 81.2 cm³/mol. The molecule has 0 aliphatic carbocycles. The van der Waals surface area contributed by atoms with E-state index in [-0.39, 0.29) is 5.82 Å². The molecule has 2 aromatic heterocycles. The van der Waals surface area contributed by atoms with E-state index in [4.69, 9.17) is 0 Å². The second-order valence-corrected chi connectivity index (χ2v) is 5.85. The summed E-state index contributed by atoms with van der Waals surface area (Å²) in [5.41, 5.74) is -0.929. The van der Waals surface area contributed by atoms with Gasteiger partial charge in [0.1, 0.15) is 17.8 Å². The molecule has 0 bridgehead atoms. The molecule has 1 aliphatic heterocycles. The molecule has 0 saturated carbocycles. The van der Waals surface area contributed by atoms with E-state index in [0.29, 0.717) is 32.1 Å². The molecule has 0 spiro atoms. The van der Waals surface area contributed by atoms with Gasteiger partial charge in [0.05, 0.1) is 4.47 Å². The van der Waals surface area contributed by atoms with Gasteiger partial charge in [-0.3, -0.25) is 0 Å². The fraction of sp³-hybridized carbons (Fsp3) is 0.385. The van der Waals surface area contributed by atoms with Gasteiger partial charge in [-0.1, -0.05) is 0 Å². The van der Waals surface area contributed by atoms with Crippen molar-refractivity contribution in [2.24, 2.45) is 0 Å². The zero-order valence-corrected chi connectivity index (χ0v) is 13.4. The third-order valence-electron chi connectivity index (χ3n) is 3.44. The van der Waals surface area contributed by atoms with Gasteiger partial charge in [-0.15, -0.1) is 0 Å². The van der Waals surface area contributed by atoms with Crippen LogP contribution in [-0.4, -0.2) is 46.1 Å². The topological polar surface area (TPSA) is 58.0 Å². The van der Waals surface area contributed by atoms with Gasteiger partial charge in [0, 0.05) is 44.6 Å². The van der Waals surface area contributed by atoms with Crippen molar-refractivity contribution < 1.29 is 13.2 Å². The van der Waals surface area contributed by atoms with Gasteiger partial charge in [0.25, 0.3) is 0 Å². The van der Waals surface area contributed by atoms with Gasteiger partial charge < -0.3 is 9.80 Å². The van der Waals surface area contributed by atoms with Crippen LogP contribution in [0.4, 0.5) is 24.9 Å². The normalized spacial score (nSPS) is 15.8. The first-order valence-corrected chi connectivity index (χ1v) is 7.59. The van der Waals surface area contributed by atoms with Crippen molar-refractivity contribution in [3.63, 3.8) is 0 Å².